The quantitative estimate of drug-likeness (QED) is 0.434. The van der Waals surface area contributed by atoms with Crippen molar-refractivity contribution in [3.63, 3.8) is 0 Å². The molecule has 0 bridgehead atoms. The SMILES string of the molecule is Cc1ccc(C(Cn2ccnc2)(SC(C)C)SC(C)C)c2ccccc12. The molecule has 0 unspecified atom stereocenters. The van der Waals surface area contributed by atoms with Crippen molar-refractivity contribution in [1.29, 1.82) is 0 Å². The van der Waals surface area contributed by atoms with Crippen molar-refractivity contribution in [2.75, 3.05) is 0 Å². The molecule has 0 fully saturated rings. The van der Waals surface area contributed by atoms with Crippen LogP contribution in [0, 0.1) is 6.92 Å². The molecule has 1 aromatic heterocycles. The van der Waals surface area contributed by atoms with Crippen LogP contribution in [0.2, 0.25) is 0 Å². The summed E-state index contributed by atoms with van der Waals surface area (Å²) in [5.74, 6) is 0. The number of fused-ring (bicyclic) bond motifs is 1. The number of nitrogens with zero attached hydrogens (tertiary/aromatic N) is 2. The number of aromatic nitrogens is 2. The van der Waals surface area contributed by atoms with E-state index in [4.69, 9.17) is 0 Å². The van der Waals surface area contributed by atoms with Gasteiger partial charge in [0.2, 0.25) is 0 Å². The Balaban J connectivity index is 2.23. The number of thioether (sulfide) groups is 2. The molecule has 1 heterocycles. The fraction of sp³-hybridized carbons (Fsp3) is 0.409. The second kappa shape index (κ2) is 8.10. The van der Waals surface area contributed by atoms with Crippen LogP contribution in [0.5, 0.6) is 0 Å². The predicted molar refractivity (Wildman–Crippen MR) is 118 cm³/mol. The summed E-state index contributed by atoms with van der Waals surface area (Å²) in [5, 5.41) is 3.79. The molecule has 0 N–H and O–H groups in total. The summed E-state index contributed by atoms with van der Waals surface area (Å²) < 4.78 is 2.16. The first-order valence-corrected chi connectivity index (χ1v) is 11.0. The lowest BCUT2D eigenvalue weighted by Gasteiger charge is -2.37. The number of hydrogen-bond donors (Lipinski definition) is 0. The molecule has 26 heavy (non-hydrogen) atoms. The van der Waals surface area contributed by atoms with E-state index in [9.17, 15) is 0 Å². The van der Waals surface area contributed by atoms with Gasteiger partial charge in [-0.15, -0.1) is 23.5 Å². The number of rotatable bonds is 7. The summed E-state index contributed by atoms with van der Waals surface area (Å²) >= 11 is 4.12. The maximum absolute atomic E-state index is 4.28. The lowest BCUT2D eigenvalue weighted by molar-refractivity contribution is 0.648. The molecular formula is C22H28N2S2. The van der Waals surface area contributed by atoms with Crippen molar-refractivity contribution in [3.05, 3.63) is 66.2 Å². The van der Waals surface area contributed by atoms with E-state index in [-0.39, 0.29) is 4.08 Å². The average Bonchev–Trinajstić information content (AvgIpc) is 3.06. The topological polar surface area (TPSA) is 17.8 Å². The van der Waals surface area contributed by atoms with Crippen LogP contribution in [0.4, 0.5) is 0 Å². The predicted octanol–water partition coefficient (Wildman–Crippen LogP) is 6.48. The molecule has 2 aromatic carbocycles. The van der Waals surface area contributed by atoms with Gasteiger partial charge in [0.1, 0.15) is 4.08 Å². The number of imidazole rings is 1. The van der Waals surface area contributed by atoms with E-state index in [1.807, 2.05) is 12.5 Å². The first-order valence-electron chi connectivity index (χ1n) is 9.21. The Hall–Kier alpha value is -1.39. The maximum Gasteiger partial charge on any atom is 0.105 e. The van der Waals surface area contributed by atoms with E-state index in [0.29, 0.717) is 10.5 Å². The van der Waals surface area contributed by atoms with Crippen LogP contribution in [0.15, 0.2) is 55.1 Å². The Morgan fingerprint density at radius 2 is 1.62 bits per heavy atom. The van der Waals surface area contributed by atoms with Crippen molar-refractivity contribution in [2.24, 2.45) is 0 Å². The van der Waals surface area contributed by atoms with Crippen molar-refractivity contribution < 1.29 is 0 Å². The molecule has 4 heteroatoms. The Morgan fingerprint density at radius 1 is 0.962 bits per heavy atom. The van der Waals surface area contributed by atoms with Crippen molar-refractivity contribution in [1.82, 2.24) is 9.55 Å². The summed E-state index contributed by atoms with van der Waals surface area (Å²) in [6.45, 7) is 12.3. The summed E-state index contributed by atoms with van der Waals surface area (Å²) in [4.78, 5) is 4.28. The zero-order chi connectivity index (χ0) is 18.7. The summed E-state index contributed by atoms with van der Waals surface area (Å²) in [6, 6.07) is 13.5. The zero-order valence-electron chi connectivity index (χ0n) is 16.3. The van der Waals surface area contributed by atoms with Gasteiger partial charge >= 0.3 is 0 Å². The van der Waals surface area contributed by atoms with Crippen molar-refractivity contribution in [3.8, 4) is 0 Å². The zero-order valence-corrected chi connectivity index (χ0v) is 17.9. The minimum absolute atomic E-state index is 0.0592. The van der Waals surface area contributed by atoms with E-state index >= 15 is 0 Å². The molecule has 0 saturated heterocycles. The standard InChI is InChI=1S/C22H28N2S2/c1-16(2)25-22(26-17(3)4,14-24-13-12-23-15-24)21-11-10-18(5)19-8-6-7-9-20(19)21/h6-13,15-17H,14H2,1-5H3. The third-order valence-electron chi connectivity index (χ3n) is 4.35. The van der Waals surface area contributed by atoms with Crippen molar-refractivity contribution in [2.45, 2.75) is 55.7 Å². The normalized spacial score (nSPS) is 12.4. The van der Waals surface area contributed by atoms with Crippen LogP contribution >= 0.6 is 23.5 Å². The molecule has 0 aliphatic heterocycles. The van der Waals surface area contributed by atoms with Crippen LogP contribution in [0.3, 0.4) is 0 Å². The molecule has 0 radical (unpaired) electrons. The number of benzene rings is 2. The van der Waals surface area contributed by atoms with Gasteiger partial charge in [-0.3, -0.25) is 0 Å². The molecule has 0 amide bonds. The third kappa shape index (κ3) is 4.12. The van der Waals surface area contributed by atoms with Crippen molar-refractivity contribution >= 4 is 34.3 Å². The lowest BCUT2D eigenvalue weighted by atomic mass is 9.98. The first-order chi connectivity index (χ1) is 12.4. The minimum Gasteiger partial charge on any atom is -0.335 e. The monoisotopic (exact) mass is 384 g/mol. The van der Waals surface area contributed by atoms with Gasteiger partial charge in [0, 0.05) is 22.9 Å². The average molecular weight is 385 g/mol. The first kappa shape index (κ1) is 19.4. The van der Waals surface area contributed by atoms with Gasteiger partial charge < -0.3 is 4.57 Å². The number of hydrogen-bond acceptors (Lipinski definition) is 3. The third-order valence-corrected chi connectivity index (χ3v) is 7.33. The molecule has 2 nitrogen and oxygen atoms in total. The van der Waals surface area contributed by atoms with Gasteiger partial charge in [-0.1, -0.05) is 64.1 Å². The van der Waals surface area contributed by atoms with E-state index in [2.05, 4.69) is 110 Å². The Bertz CT molecular complexity index is 844. The molecule has 0 aliphatic rings. The van der Waals surface area contributed by atoms with Crippen LogP contribution in [-0.2, 0) is 10.6 Å². The number of aryl methyl sites for hydroxylation is 1. The van der Waals surface area contributed by atoms with E-state index in [1.54, 1.807) is 0 Å². The smallest absolute Gasteiger partial charge is 0.105 e. The highest BCUT2D eigenvalue weighted by molar-refractivity contribution is 8.18. The maximum atomic E-state index is 4.28. The Kier molecular flexibility index (Phi) is 6.03. The summed E-state index contributed by atoms with van der Waals surface area (Å²) in [5.41, 5.74) is 2.76. The molecule has 0 aliphatic carbocycles. The highest BCUT2D eigenvalue weighted by Crippen LogP contribution is 2.53. The molecule has 0 atom stereocenters. The van der Waals surface area contributed by atoms with Gasteiger partial charge in [-0.25, -0.2) is 4.98 Å². The van der Waals surface area contributed by atoms with E-state index in [1.165, 1.54) is 21.9 Å². The molecule has 3 rings (SSSR count). The van der Waals surface area contributed by atoms with Crippen LogP contribution in [-0.4, -0.2) is 20.1 Å². The largest absolute Gasteiger partial charge is 0.335 e. The minimum atomic E-state index is -0.0592. The Labute approximate surface area is 165 Å². The molecule has 0 saturated carbocycles. The molecule has 0 spiro atoms. The fourth-order valence-corrected chi connectivity index (χ4v) is 7.44. The molecule has 3 aromatic rings. The van der Waals surface area contributed by atoms with E-state index < -0.39 is 0 Å². The highest BCUT2D eigenvalue weighted by Gasteiger charge is 2.37. The van der Waals surface area contributed by atoms with Gasteiger partial charge in [-0.2, -0.15) is 0 Å². The van der Waals surface area contributed by atoms with Crippen LogP contribution in [0.25, 0.3) is 10.8 Å². The summed E-state index contributed by atoms with van der Waals surface area (Å²) in [7, 11) is 0. The second-order valence-corrected chi connectivity index (χ2v) is 11.3. The van der Waals surface area contributed by atoms with Crippen LogP contribution in [0.1, 0.15) is 38.8 Å². The fourth-order valence-electron chi connectivity index (χ4n) is 3.48. The lowest BCUT2D eigenvalue weighted by Crippen LogP contribution is -2.28. The highest BCUT2D eigenvalue weighted by atomic mass is 32.2. The molecular weight excluding hydrogens is 356 g/mol. The van der Waals surface area contributed by atoms with Crippen LogP contribution < -0.4 is 0 Å². The van der Waals surface area contributed by atoms with E-state index in [0.717, 1.165) is 6.54 Å². The molecule has 138 valence electrons. The van der Waals surface area contributed by atoms with Gasteiger partial charge in [-0.05, 0) is 28.8 Å². The Morgan fingerprint density at radius 3 is 2.19 bits per heavy atom. The van der Waals surface area contributed by atoms with Gasteiger partial charge in [0.15, 0.2) is 0 Å². The van der Waals surface area contributed by atoms with Gasteiger partial charge in [0.05, 0.1) is 12.9 Å². The van der Waals surface area contributed by atoms with Gasteiger partial charge in [0.25, 0.3) is 0 Å². The second-order valence-electron chi connectivity index (χ2n) is 7.30. The summed E-state index contributed by atoms with van der Waals surface area (Å²) in [6.07, 6.45) is 5.89.